The number of hydrogen-bond acceptors (Lipinski definition) is 2. The second kappa shape index (κ2) is 7.22. The third-order valence-electron chi connectivity index (χ3n) is 4.28. The van der Waals surface area contributed by atoms with Crippen molar-refractivity contribution in [2.45, 2.75) is 37.7 Å². The van der Waals surface area contributed by atoms with Crippen molar-refractivity contribution in [2.24, 2.45) is 0 Å². The van der Waals surface area contributed by atoms with Gasteiger partial charge in [-0.25, -0.2) is 9.63 Å². The van der Waals surface area contributed by atoms with Crippen LogP contribution in [0, 0.1) is 0 Å². The van der Waals surface area contributed by atoms with Gasteiger partial charge in [0.1, 0.15) is 17.0 Å². The van der Waals surface area contributed by atoms with E-state index in [0.717, 1.165) is 10.8 Å². The highest BCUT2D eigenvalue weighted by molar-refractivity contribution is 7.84. The number of fused-ring (bicyclic) bond motifs is 2. The van der Waals surface area contributed by atoms with E-state index in [2.05, 4.69) is 10.3 Å². The highest BCUT2D eigenvalue weighted by Crippen LogP contribution is 2.40. The van der Waals surface area contributed by atoms with Crippen LogP contribution in [0.15, 0.2) is 54.6 Å². The SMILES string of the molecule is CC(C)(C)S(=O)NN[C@H](c1c2ccccc2cc2ccccc12)C(F)(F)F. The highest BCUT2D eigenvalue weighted by Gasteiger charge is 2.43. The molecular formula is C20H21F3N2OS. The van der Waals surface area contributed by atoms with Gasteiger partial charge in [-0.1, -0.05) is 48.5 Å². The first-order valence-electron chi connectivity index (χ1n) is 8.49. The minimum absolute atomic E-state index is 0.120. The van der Waals surface area contributed by atoms with Gasteiger partial charge in [-0.05, 0) is 53.9 Å². The van der Waals surface area contributed by atoms with E-state index in [4.69, 9.17) is 0 Å². The van der Waals surface area contributed by atoms with Gasteiger partial charge in [-0.15, -0.1) is 0 Å². The van der Waals surface area contributed by atoms with Crippen molar-refractivity contribution < 1.29 is 17.4 Å². The third-order valence-corrected chi connectivity index (χ3v) is 5.70. The molecule has 3 aromatic carbocycles. The zero-order valence-electron chi connectivity index (χ0n) is 15.2. The number of hydrazine groups is 1. The molecule has 0 aliphatic heterocycles. The van der Waals surface area contributed by atoms with Crippen molar-refractivity contribution in [3.63, 3.8) is 0 Å². The molecule has 144 valence electrons. The van der Waals surface area contributed by atoms with Gasteiger partial charge in [0, 0.05) is 0 Å². The molecule has 0 amide bonds. The average molecular weight is 394 g/mol. The Hall–Kier alpha value is -1.96. The second-order valence-corrected chi connectivity index (χ2v) is 9.30. The standard InChI is InChI=1S/C20H21F3N2OS/c1-19(2,3)27(26)25-24-18(20(21,22)23)17-15-10-6-4-8-13(15)12-14-9-5-7-11-16(14)17/h4-12,18,24-25H,1-3H3/t18-,27?/m1/s1. The predicted octanol–water partition coefficient (Wildman–Crippen LogP) is 5.15. The summed E-state index contributed by atoms with van der Waals surface area (Å²) in [6.45, 7) is 5.06. The van der Waals surface area contributed by atoms with Crippen LogP contribution < -0.4 is 10.3 Å². The van der Waals surface area contributed by atoms with Crippen LogP contribution in [0.4, 0.5) is 13.2 Å². The molecule has 0 aliphatic carbocycles. The lowest BCUT2D eigenvalue weighted by atomic mass is 9.92. The first-order chi connectivity index (χ1) is 12.6. The molecule has 0 radical (unpaired) electrons. The fraction of sp³-hybridized carbons (Fsp3) is 0.300. The Labute approximate surface area is 158 Å². The number of halogens is 3. The Kier molecular flexibility index (Phi) is 5.29. The van der Waals surface area contributed by atoms with Gasteiger partial charge in [0.2, 0.25) is 0 Å². The summed E-state index contributed by atoms with van der Waals surface area (Å²) in [5.41, 5.74) is 2.41. The van der Waals surface area contributed by atoms with Crippen molar-refractivity contribution >= 4 is 32.5 Å². The van der Waals surface area contributed by atoms with Crippen molar-refractivity contribution in [3.05, 3.63) is 60.2 Å². The maximum absolute atomic E-state index is 14.0. The summed E-state index contributed by atoms with van der Waals surface area (Å²) in [4.78, 5) is 2.36. The summed E-state index contributed by atoms with van der Waals surface area (Å²) in [5.74, 6) is 0. The Morgan fingerprint density at radius 1 is 0.889 bits per heavy atom. The Balaban J connectivity index is 2.18. The maximum Gasteiger partial charge on any atom is 0.409 e. The van der Waals surface area contributed by atoms with Crippen molar-refractivity contribution in [2.75, 3.05) is 0 Å². The number of nitrogens with one attached hydrogen (secondary N) is 2. The molecule has 2 atom stereocenters. The Morgan fingerprint density at radius 2 is 1.37 bits per heavy atom. The van der Waals surface area contributed by atoms with Crippen LogP contribution in [0.3, 0.4) is 0 Å². The van der Waals surface area contributed by atoms with E-state index in [9.17, 15) is 17.4 Å². The van der Waals surface area contributed by atoms with Crippen LogP contribution >= 0.6 is 0 Å². The predicted molar refractivity (Wildman–Crippen MR) is 104 cm³/mol. The van der Waals surface area contributed by atoms with Gasteiger partial charge < -0.3 is 0 Å². The topological polar surface area (TPSA) is 41.1 Å². The van der Waals surface area contributed by atoms with E-state index in [1.54, 1.807) is 69.3 Å². The van der Waals surface area contributed by atoms with Crippen molar-refractivity contribution in [1.29, 1.82) is 0 Å². The number of rotatable bonds is 4. The fourth-order valence-electron chi connectivity index (χ4n) is 2.94. The molecule has 27 heavy (non-hydrogen) atoms. The molecule has 0 bridgehead atoms. The molecule has 1 unspecified atom stereocenters. The van der Waals surface area contributed by atoms with E-state index < -0.39 is 28.0 Å². The number of hydrogen-bond donors (Lipinski definition) is 2. The van der Waals surface area contributed by atoms with Crippen LogP contribution in [-0.2, 0) is 11.0 Å². The van der Waals surface area contributed by atoms with Gasteiger partial charge in [0.15, 0.2) is 0 Å². The molecule has 0 saturated heterocycles. The number of alkyl halides is 3. The van der Waals surface area contributed by atoms with E-state index in [1.807, 2.05) is 6.07 Å². The van der Waals surface area contributed by atoms with E-state index >= 15 is 0 Å². The van der Waals surface area contributed by atoms with Crippen LogP contribution in [-0.4, -0.2) is 15.1 Å². The summed E-state index contributed by atoms with van der Waals surface area (Å²) in [5, 5.41) is 2.46. The molecule has 0 spiro atoms. The molecule has 3 rings (SSSR count). The zero-order chi connectivity index (χ0) is 19.8. The lowest BCUT2D eigenvalue weighted by molar-refractivity contribution is -0.158. The first kappa shape index (κ1) is 19.8. The molecule has 3 nitrogen and oxygen atoms in total. The highest BCUT2D eigenvalue weighted by atomic mass is 32.2. The summed E-state index contributed by atoms with van der Waals surface area (Å²) in [7, 11) is -1.70. The molecule has 0 aliphatic rings. The van der Waals surface area contributed by atoms with E-state index in [0.29, 0.717) is 10.8 Å². The summed E-state index contributed by atoms with van der Waals surface area (Å²) in [6.07, 6.45) is -4.58. The second-order valence-electron chi connectivity index (χ2n) is 7.33. The summed E-state index contributed by atoms with van der Waals surface area (Å²) in [6, 6.07) is 13.8. The Morgan fingerprint density at radius 3 is 1.81 bits per heavy atom. The number of benzene rings is 3. The fourth-order valence-corrected chi connectivity index (χ4v) is 3.47. The van der Waals surface area contributed by atoms with Gasteiger partial charge in [-0.3, -0.25) is 0 Å². The lowest BCUT2D eigenvalue weighted by Gasteiger charge is -2.27. The zero-order valence-corrected chi connectivity index (χ0v) is 16.0. The van der Waals surface area contributed by atoms with Gasteiger partial charge in [0.25, 0.3) is 0 Å². The molecule has 7 heteroatoms. The molecule has 0 heterocycles. The van der Waals surface area contributed by atoms with Gasteiger partial charge >= 0.3 is 6.18 Å². The van der Waals surface area contributed by atoms with Crippen LogP contribution in [0.25, 0.3) is 21.5 Å². The van der Waals surface area contributed by atoms with Crippen LogP contribution in [0.1, 0.15) is 32.4 Å². The van der Waals surface area contributed by atoms with Crippen molar-refractivity contribution in [1.82, 2.24) is 10.3 Å². The van der Waals surface area contributed by atoms with Gasteiger partial charge in [-0.2, -0.15) is 18.0 Å². The third kappa shape index (κ3) is 4.15. The Bertz CT molecular complexity index is 942. The average Bonchev–Trinajstić information content (AvgIpc) is 2.59. The van der Waals surface area contributed by atoms with Crippen LogP contribution in [0.5, 0.6) is 0 Å². The maximum atomic E-state index is 14.0. The summed E-state index contributed by atoms with van der Waals surface area (Å²) < 4.78 is 53.5. The monoisotopic (exact) mass is 394 g/mol. The van der Waals surface area contributed by atoms with E-state index in [-0.39, 0.29) is 5.56 Å². The van der Waals surface area contributed by atoms with Crippen molar-refractivity contribution in [3.8, 4) is 0 Å². The quantitative estimate of drug-likeness (QED) is 0.474. The molecule has 2 N–H and O–H groups in total. The minimum atomic E-state index is -4.58. The minimum Gasteiger partial charge on any atom is -0.241 e. The van der Waals surface area contributed by atoms with Gasteiger partial charge in [0.05, 0.1) is 4.75 Å². The smallest absolute Gasteiger partial charge is 0.241 e. The van der Waals surface area contributed by atoms with E-state index in [1.165, 1.54) is 0 Å². The largest absolute Gasteiger partial charge is 0.409 e. The molecular weight excluding hydrogens is 373 g/mol. The summed E-state index contributed by atoms with van der Waals surface area (Å²) >= 11 is 0. The molecule has 0 aromatic heterocycles. The molecule has 0 fully saturated rings. The first-order valence-corrected chi connectivity index (χ1v) is 9.64. The van der Waals surface area contributed by atoms with Crippen LogP contribution in [0.2, 0.25) is 0 Å². The lowest BCUT2D eigenvalue weighted by Crippen LogP contribution is -2.47. The normalized spacial score (nSPS) is 15.2. The molecule has 3 aromatic rings. The molecule has 0 saturated carbocycles.